The number of hydrogen-bond donors (Lipinski definition) is 1. The van der Waals surface area contributed by atoms with Crippen LogP contribution in [-0.2, 0) is 13.0 Å². The molecular weight excluding hydrogens is 312 g/mol. The van der Waals surface area contributed by atoms with Crippen molar-refractivity contribution in [3.05, 3.63) is 53.1 Å². The molecule has 0 bridgehead atoms. The zero-order chi connectivity index (χ0) is 17.3. The second-order valence-corrected chi connectivity index (χ2v) is 6.38. The molecule has 3 rings (SSSR count). The fourth-order valence-corrected chi connectivity index (χ4v) is 3.03. The van der Waals surface area contributed by atoms with Gasteiger partial charge in [-0.3, -0.25) is 4.79 Å². The molecule has 2 atom stereocenters. The number of benzene rings is 1. The standard InChI is InChI=1S/C18H21F2N3O/c1-3-11(2)21-18(24)16-10-23-9-12(4-7-17(23)22-16)14-8-13(19)5-6-15(14)20/h5-6,8,10-12H,3-4,7,9H2,1-2H3,(H,21,24). The van der Waals surface area contributed by atoms with E-state index < -0.39 is 5.82 Å². The molecule has 1 aromatic carbocycles. The summed E-state index contributed by atoms with van der Waals surface area (Å²) < 4.78 is 29.3. The third kappa shape index (κ3) is 3.32. The van der Waals surface area contributed by atoms with Crippen molar-refractivity contribution in [2.45, 2.75) is 51.6 Å². The Bertz CT molecular complexity index is 757. The topological polar surface area (TPSA) is 46.9 Å². The summed E-state index contributed by atoms with van der Waals surface area (Å²) in [6, 6.07) is 3.64. The minimum atomic E-state index is -0.434. The first kappa shape index (κ1) is 16.6. The van der Waals surface area contributed by atoms with Crippen LogP contribution in [0.15, 0.2) is 24.4 Å². The second-order valence-electron chi connectivity index (χ2n) is 6.38. The predicted octanol–water partition coefficient (Wildman–Crippen LogP) is 3.42. The Kier molecular flexibility index (Phi) is 4.64. The van der Waals surface area contributed by atoms with Crippen molar-refractivity contribution in [1.29, 1.82) is 0 Å². The number of carbonyl (C=O) groups is 1. The number of nitrogens with one attached hydrogen (secondary N) is 1. The number of imidazole rings is 1. The Hall–Kier alpha value is -2.24. The van der Waals surface area contributed by atoms with Gasteiger partial charge >= 0.3 is 0 Å². The minimum Gasteiger partial charge on any atom is -0.348 e. The lowest BCUT2D eigenvalue weighted by Crippen LogP contribution is -2.32. The zero-order valence-electron chi connectivity index (χ0n) is 13.9. The van der Waals surface area contributed by atoms with Crippen LogP contribution in [0.2, 0.25) is 0 Å². The van der Waals surface area contributed by atoms with Gasteiger partial charge in [0.15, 0.2) is 0 Å². The van der Waals surface area contributed by atoms with Gasteiger partial charge in [-0.05, 0) is 43.5 Å². The Morgan fingerprint density at radius 3 is 3.00 bits per heavy atom. The molecule has 4 nitrogen and oxygen atoms in total. The smallest absolute Gasteiger partial charge is 0.271 e. The summed E-state index contributed by atoms with van der Waals surface area (Å²) in [4.78, 5) is 16.6. The normalized spacial score (nSPS) is 18.1. The summed E-state index contributed by atoms with van der Waals surface area (Å²) in [6.45, 7) is 4.44. The Morgan fingerprint density at radius 2 is 2.25 bits per heavy atom. The summed E-state index contributed by atoms with van der Waals surface area (Å²) in [5.74, 6) is -0.318. The highest BCUT2D eigenvalue weighted by atomic mass is 19.1. The highest BCUT2D eigenvalue weighted by molar-refractivity contribution is 5.92. The van der Waals surface area contributed by atoms with Crippen molar-refractivity contribution < 1.29 is 13.6 Å². The van der Waals surface area contributed by atoms with Crippen LogP contribution in [0.5, 0.6) is 0 Å². The van der Waals surface area contributed by atoms with Crippen molar-refractivity contribution in [2.75, 3.05) is 0 Å². The summed E-state index contributed by atoms with van der Waals surface area (Å²) in [5.41, 5.74) is 0.769. The molecule has 24 heavy (non-hydrogen) atoms. The maximum absolute atomic E-state index is 14.0. The van der Waals surface area contributed by atoms with Crippen LogP contribution >= 0.6 is 0 Å². The number of rotatable bonds is 4. The number of fused-ring (bicyclic) bond motifs is 1. The van der Waals surface area contributed by atoms with E-state index in [1.807, 2.05) is 18.4 Å². The molecule has 0 saturated heterocycles. The maximum atomic E-state index is 14.0. The molecule has 0 fully saturated rings. The van der Waals surface area contributed by atoms with Crippen LogP contribution < -0.4 is 5.32 Å². The average Bonchev–Trinajstić information content (AvgIpc) is 3.00. The lowest BCUT2D eigenvalue weighted by Gasteiger charge is -2.24. The van der Waals surface area contributed by atoms with E-state index in [0.717, 1.165) is 18.3 Å². The first-order valence-corrected chi connectivity index (χ1v) is 8.29. The van der Waals surface area contributed by atoms with Gasteiger partial charge in [0.25, 0.3) is 5.91 Å². The molecule has 0 radical (unpaired) electrons. The molecule has 2 heterocycles. The van der Waals surface area contributed by atoms with Gasteiger partial charge in [0, 0.05) is 31.1 Å². The van der Waals surface area contributed by atoms with Crippen LogP contribution in [0.4, 0.5) is 8.78 Å². The monoisotopic (exact) mass is 333 g/mol. The Morgan fingerprint density at radius 1 is 1.46 bits per heavy atom. The number of nitrogens with zero attached hydrogens (tertiary/aromatic N) is 2. The molecule has 6 heteroatoms. The summed E-state index contributed by atoms with van der Waals surface area (Å²) >= 11 is 0. The quantitative estimate of drug-likeness (QED) is 0.932. The largest absolute Gasteiger partial charge is 0.348 e. The fraction of sp³-hybridized carbons (Fsp3) is 0.444. The van der Waals surface area contributed by atoms with Crippen LogP contribution in [0, 0.1) is 11.6 Å². The van der Waals surface area contributed by atoms with E-state index in [-0.39, 0.29) is 23.7 Å². The van der Waals surface area contributed by atoms with Crippen molar-refractivity contribution in [3.63, 3.8) is 0 Å². The number of carbonyl (C=O) groups excluding carboxylic acids is 1. The molecule has 0 saturated carbocycles. The van der Waals surface area contributed by atoms with E-state index in [1.54, 1.807) is 6.20 Å². The number of halogens is 2. The Balaban J connectivity index is 1.79. The van der Waals surface area contributed by atoms with Crippen LogP contribution in [0.1, 0.15) is 54.5 Å². The number of aromatic nitrogens is 2. The van der Waals surface area contributed by atoms with E-state index in [9.17, 15) is 13.6 Å². The molecule has 1 aliphatic heterocycles. The SMILES string of the molecule is CCC(C)NC(=O)c1cn2c(n1)CCC(c1cc(F)ccc1F)C2. The van der Waals surface area contributed by atoms with E-state index in [1.165, 1.54) is 12.1 Å². The molecule has 1 N–H and O–H groups in total. The van der Waals surface area contributed by atoms with Gasteiger partial charge < -0.3 is 9.88 Å². The van der Waals surface area contributed by atoms with Crippen molar-refractivity contribution in [1.82, 2.24) is 14.9 Å². The van der Waals surface area contributed by atoms with Crippen molar-refractivity contribution in [3.8, 4) is 0 Å². The molecule has 1 amide bonds. The summed E-state index contributed by atoms with van der Waals surface area (Å²) in [7, 11) is 0. The molecule has 1 aliphatic rings. The maximum Gasteiger partial charge on any atom is 0.271 e. The lowest BCUT2D eigenvalue weighted by atomic mass is 9.91. The third-order valence-corrected chi connectivity index (χ3v) is 4.61. The van der Waals surface area contributed by atoms with Gasteiger partial charge in [0.2, 0.25) is 0 Å². The first-order chi connectivity index (χ1) is 11.5. The second kappa shape index (κ2) is 6.71. The minimum absolute atomic E-state index is 0.0883. The van der Waals surface area contributed by atoms with Gasteiger partial charge in [-0.1, -0.05) is 6.92 Å². The number of aryl methyl sites for hydroxylation is 1. The van der Waals surface area contributed by atoms with Crippen molar-refractivity contribution in [2.24, 2.45) is 0 Å². The average molecular weight is 333 g/mol. The van der Waals surface area contributed by atoms with Crippen molar-refractivity contribution >= 4 is 5.91 Å². The van der Waals surface area contributed by atoms with Gasteiger partial charge in [-0.15, -0.1) is 0 Å². The molecular formula is C18H21F2N3O. The van der Waals surface area contributed by atoms with Gasteiger partial charge in [-0.2, -0.15) is 0 Å². The highest BCUT2D eigenvalue weighted by Gasteiger charge is 2.25. The summed E-state index contributed by atoms with van der Waals surface area (Å²) in [6.07, 6.45) is 3.87. The lowest BCUT2D eigenvalue weighted by molar-refractivity contribution is 0.0934. The van der Waals surface area contributed by atoms with Gasteiger partial charge in [0.1, 0.15) is 23.2 Å². The van der Waals surface area contributed by atoms with E-state index in [2.05, 4.69) is 10.3 Å². The third-order valence-electron chi connectivity index (χ3n) is 4.61. The molecule has 1 aromatic heterocycles. The molecule has 2 unspecified atom stereocenters. The number of hydrogen-bond acceptors (Lipinski definition) is 2. The van der Waals surface area contributed by atoms with E-state index in [4.69, 9.17) is 0 Å². The fourth-order valence-electron chi connectivity index (χ4n) is 3.03. The van der Waals surface area contributed by atoms with Crippen LogP contribution in [0.3, 0.4) is 0 Å². The molecule has 128 valence electrons. The van der Waals surface area contributed by atoms with E-state index >= 15 is 0 Å². The summed E-state index contributed by atoms with van der Waals surface area (Å²) in [5, 5.41) is 2.89. The van der Waals surface area contributed by atoms with Gasteiger partial charge in [0.05, 0.1) is 0 Å². The molecule has 0 spiro atoms. The highest BCUT2D eigenvalue weighted by Crippen LogP contribution is 2.30. The first-order valence-electron chi connectivity index (χ1n) is 8.29. The molecule has 2 aromatic rings. The van der Waals surface area contributed by atoms with E-state index in [0.29, 0.717) is 30.6 Å². The predicted molar refractivity (Wildman–Crippen MR) is 86.9 cm³/mol. The Labute approximate surface area is 139 Å². The number of amides is 1. The van der Waals surface area contributed by atoms with Crippen LogP contribution in [0.25, 0.3) is 0 Å². The zero-order valence-corrected chi connectivity index (χ0v) is 13.9. The van der Waals surface area contributed by atoms with Crippen LogP contribution in [-0.4, -0.2) is 21.5 Å². The van der Waals surface area contributed by atoms with Gasteiger partial charge in [-0.25, -0.2) is 13.8 Å². The molecule has 0 aliphatic carbocycles.